The van der Waals surface area contributed by atoms with Gasteiger partial charge in [-0.15, -0.1) is 0 Å². The van der Waals surface area contributed by atoms with Gasteiger partial charge in [0.25, 0.3) is 11.8 Å². The van der Waals surface area contributed by atoms with Gasteiger partial charge in [-0.3, -0.25) is 9.59 Å². The van der Waals surface area contributed by atoms with Gasteiger partial charge in [-0.2, -0.15) is 5.10 Å². The van der Waals surface area contributed by atoms with E-state index in [0.717, 1.165) is 21.4 Å². The second kappa shape index (κ2) is 9.75. The lowest BCUT2D eigenvalue weighted by Crippen LogP contribution is -2.45. The van der Waals surface area contributed by atoms with Gasteiger partial charge in [0, 0.05) is 54.9 Å². The van der Waals surface area contributed by atoms with E-state index in [4.69, 9.17) is 5.10 Å². The van der Waals surface area contributed by atoms with Crippen molar-refractivity contribution in [3.8, 4) is 11.4 Å². The Morgan fingerprint density at radius 3 is 2.74 bits per heavy atom. The summed E-state index contributed by atoms with van der Waals surface area (Å²) < 4.78 is 30.6. The topological polar surface area (TPSA) is 107 Å². The van der Waals surface area contributed by atoms with E-state index in [1.54, 1.807) is 45.1 Å². The van der Waals surface area contributed by atoms with Crippen LogP contribution in [-0.2, 0) is 17.6 Å². The number of halogens is 3. The van der Waals surface area contributed by atoms with Gasteiger partial charge in [0.05, 0.1) is 34.8 Å². The number of nitrogens with zero attached hydrogens (tertiary/aromatic N) is 5. The Bertz CT molecular complexity index is 1780. The quantitative estimate of drug-likeness (QED) is 0.305. The third-order valence-electron chi connectivity index (χ3n) is 8.82. The Hall–Kier alpha value is -4.06. The number of aromatic hydroxyl groups is 1. The first-order valence-electron chi connectivity index (χ1n) is 13.8. The molecule has 216 valence electrons. The van der Waals surface area contributed by atoms with Gasteiger partial charge in [0.2, 0.25) is 5.91 Å². The molecule has 0 radical (unpaired) electrons. The van der Waals surface area contributed by atoms with Crippen molar-refractivity contribution in [1.29, 1.82) is 0 Å². The molecule has 2 unspecified atom stereocenters. The average Bonchev–Trinajstić information content (AvgIpc) is 3.55. The SMILES string of the molecule is C=CC(=O)N1CCc2nn(-c3ccc(C4CCC4(F)F)cc3O)c3c2C(C1)N(C(=O)c1ccc(Br)c2nc[nH]c12)CC3. The number of benzene rings is 2. The summed E-state index contributed by atoms with van der Waals surface area (Å²) in [5.41, 5.74) is 4.93. The third-order valence-corrected chi connectivity index (χ3v) is 9.46. The monoisotopic (exact) mass is 636 g/mol. The third kappa shape index (κ3) is 4.06. The predicted octanol–water partition coefficient (Wildman–Crippen LogP) is 5.04. The minimum atomic E-state index is -2.77. The van der Waals surface area contributed by atoms with Crippen LogP contribution < -0.4 is 0 Å². The molecule has 2 amide bonds. The Morgan fingerprint density at radius 1 is 1.19 bits per heavy atom. The number of aromatic amines is 1. The van der Waals surface area contributed by atoms with Crippen LogP contribution in [0.25, 0.3) is 16.7 Å². The van der Waals surface area contributed by atoms with Crippen molar-refractivity contribution in [3.05, 3.63) is 81.9 Å². The van der Waals surface area contributed by atoms with Crippen LogP contribution in [0.3, 0.4) is 0 Å². The Morgan fingerprint density at radius 2 is 2.02 bits per heavy atom. The number of alkyl halides is 2. The summed E-state index contributed by atoms with van der Waals surface area (Å²) in [6, 6.07) is 7.74. The molecule has 2 aliphatic heterocycles. The smallest absolute Gasteiger partial charge is 0.256 e. The van der Waals surface area contributed by atoms with E-state index in [-0.39, 0.29) is 30.5 Å². The number of carbonyl (C=O) groups excluding carboxylic acids is 2. The minimum absolute atomic E-state index is 0.126. The first-order chi connectivity index (χ1) is 20.2. The van der Waals surface area contributed by atoms with Crippen LogP contribution in [0.1, 0.15) is 57.7 Å². The molecule has 42 heavy (non-hydrogen) atoms. The van der Waals surface area contributed by atoms with Gasteiger partial charge in [0.1, 0.15) is 17.0 Å². The molecule has 1 saturated carbocycles. The summed E-state index contributed by atoms with van der Waals surface area (Å²) in [6.07, 6.45) is 3.94. The Kier molecular flexibility index (Phi) is 6.23. The van der Waals surface area contributed by atoms with Crippen molar-refractivity contribution in [2.75, 3.05) is 19.6 Å². The number of amides is 2. The number of hydrogen-bond donors (Lipinski definition) is 2. The van der Waals surface area contributed by atoms with E-state index in [9.17, 15) is 23.5 Å². The highest BCUT2D eigenvalue weighted by Gasteiger charge is 2.49. The van der Waals surface area contributed by atoms with E-state index in [0.29, 0.717) is 60.2 Å². The molecule has 12 heteroatoms. The van der Waals surface area contributed by atoms with Crippen LogP contribution in [0.4, 0.5) is 8.78 Å². The molecule has 2 aromatic carbocycles. The molecule has 7 rings (SSSR count). The summed E-state index contributed by atoms with van der Waals surface area (Å²) >= 11 is 3.49. The number of aromatic nitrogens is 4. The molecular formula is C30H27BrF2N6O3. The molecule has 9 nitrogen and oxygen atoms in total. The van der Waals surface area contributed by atoms with Gasteiger partial charge >= 0.3 is 0 Å². The predicted molar refractivity (Wildman–Crippen MR) is 154 cm³/mol. The lowest BCUT2D eigenvalue weighted by Gasteiger charge is -2.38. The number of fused-ring (bicyclic) bond motifs is 1. The van der Waals surface area contributed by atoms with Crippen molar-refractivity contribution in [3.63, 3.8) is 0 Å². The number of H-pyrrole nitrogens is 1. The standard InChI is InChI=1S/C30H27BrF2N6O3/c1-2-25(41)37-11-8-20-26-22(39(36-20)21-6-3-16(13-24(21)40)18-7-10-30(18,32)33)9-12-38(23(26)14-37)29(42)17-4-5-19(31)28-27(17)34-15-35-28/h2-6,13,15,18,23,40H,1,7-12,14H2,(H,34,35). The number of nitrogens with one attached hydrogen (secondary N) is 1. The maximum absolute atomic E-state index is 14.1. The molecule has 1 fully saturated rings. The number of hydrogen-bond acceptors (Lipinski definition) is 5. The van der Waals surface area contributed by atoms with Crippen LogP contribution in [0.5, 0.6) is 5.75 Å². The highest BCUT2D eigenvalue weighted by atomic mass is 79.9. The zero-order valence-corrected chi connectivity index (χ0v) is 24.1. The summed E-state index contributed by atoms with van der Waals surface area (Å²) in [5.74, 6) is -4.22. The summed E-state index contributed by atoms with van der Waals surface area (Å²) in [4.78, 5) is 37.7. The molecule has 0 spiro atoms. The van der Waals surface area contributed by atoms with Crippen molar-refractivity contribution in [1.82, 2.24) is 29.5 Å². The summed E-state index contributed by atoms with van der Waals surface area (Å²) in [6.45, 7) is 4.63. The van der Waals surface area contributed by atoms with E-state index < -0.39 is 17.9 Å². The maximum Gasteiger partial charge on any atom is 0.256 e. The molecule has 4 heterocycles. The summed E-state index contributed by atoms with van der Waals surface area (Å²) in [5, 5.41) is 15.9. The average molecular weight is 637 g/mol. The van der Waals surface area contributed by atoms with E-state index >= 15 is 0 Å². The molecule has 0 bridgehead atoms. The van der Waals surface area contributed by atoms with Crippen LogP contribution in [-0.4, -0.2) is 72.0 Å². The number of carbonyl (C=O) groups is 2. The second-order valence-electron chi connectivity index (χ2n) is 11.0. The first-order valence-corrected chi connectivity index (χ1v) is 14.6. The molecule has 1 aliphatic carbocycles. The molecule has 4 aromatic rings. The Balaban J connectivity index is 1.30. The molecule has 2 atom stereocenters. The van der Waals surface area contributed by atoms with Crippen LogP contribution in [0.15, 0.2) is 53.8 Å². The molecule has 0 saturated heterocycles. The normalized spacial score (nSPS) is 21.0. The van der Waals surface area contributed by atoms with Gasteiger partial charge in [-0.25, -0.2) is 18.4 Å². The number of rotatable bonds is 4. The highest BCUT2D eigenvalue weighted by molar-refractivity contribution is 9.10. The van der Waals surface area contributed by atoms with E-state index in [1.165, 1.54) is 12.1 Å². The maximum atomic E-state index is 14.1. The lowest BCUT2D eigenvalue weighted by molar-refractivity contribution is -0.126. The zero-order valence-electron chi connectivity index (χ0n) is 22.5. The summed E-state index contributed by atoms with van der Waals surface area (Å²) in [7, 11) is 0. The van der Waals surface area contributed by atoms with Crippen LogP contribution in [0.2, 0.25) is 0 Å². The molecule has 2 aromatic heterocycles. The second-order valence-corrected chi connectivity index (χ2v) is 11.9. The van der Waals surface area contributed by atoms with Gasteiger partial charge < -0.3 is 19.9 Å². The van der Waals surface area contributed by atoms with E-state index in [2.05, 4.69) is 32.5 Å². The van der Waals surface area contributed by atoms with Gasteiger partial charge in [-0.05, 0) is 58.3 Å². The fraction of sp³-hybridized carbons (Fsp3) is 0.333. The Labute approximate surface area is 248 Å². The number of imidazole rings is 1. The van der Waals surface area contributed by atoms with E-state index in [1.807, 2.05) is 0 Å². The molecular weight excluding hydrogens is 610 g/mol. The first kappa shape index (κ1) is 26.8. The highest BCUT2D eigenvalue weighted by Crippen LogP contribution is 2.51. The lowest BCUT2D eigenvalue weighted by atomic mass is 9.76. The van der Waals surface area contributed by atoms with Gasteiger partial charge in [0.15, 0.2) is 0 Å². The van der Waals surface area contributed by atoms with Crippen LogP contribution >= 0.6 is 15.9 Å². The fourth-order valence-corrected chi connectivity index (χ4v) is 6.98. The fourth-order valence-electron chi connectivity index (χ4n) is 6.55. The number of phenols is 1. The van der Waals surface area contributed by atoms with Crippen molar-refractivity contribution in [2.24, 2.45) is 0 Å². The van der Waals surface area contributed by atoms with Crippen molar-refractivity contribution < 1.29 is 23.5 Å². The van der Waals surface area contributed by atoms with Gasteiger partial charge in [-0.1, -0.05) is 12.6 Å². The number of phenolic OH excluding ortho intramolecular Hbond substituents is 1. The van der Waals surface area contributed by atoms with Crippen molar-refractivity contribution >= 4 is 38.8 Å². The zero-order chi connectivity index (χ0) is 29.3. The molecule has 2 N–H and O–H groups in total. The molecule has 3 aliphatic rings. The minimum Gasteiger partial charge on any atom is -0.506 e. The van der Waals surface area contributed by atoms with Crippen LogP contribution in [0, 0.1) is 0 Å². The van der Waals surface area contributed by atoms with Crippen molar-refractivity contribution in [2.45, 2.75) is 43.6 Å². The largest absolute Gasteiger partial charge is 0.506 e.